The zero-order valence-corrected chi connectivity index (χ0v) is 18.1. The third kappa shape index (κ3) is 3.40. The first-order chi connectivity index (χ1) is 15.2. The van der Waals surface area contributed by atoms with E-state index < -0.39 is 0 Å². The lowest BCUT2D eigenvalue weighted by atomic mass is 10.1. The summed E-state index contributed by atoms with van der Waals surface area (Å²) >= 11 is 7.97. The van der Waals surface area contributed by atoms with E-state index in [0.717, 1.165) is 21.3 Å². The fraction of sp³-hybridized carbons (Fsp3) is 0.0417. The Labute approximate surface area is 187 Å². The molecule has 0 aliphatic rings. The van der Waals surface area contributed by atoms with Crippen LogP contribution in [0.4, 0.5) is 5.13 Å². The Balaban J connectivity index is 1.90. The van der Waals surface area contributed by atoms with Gasteiger partial charge in [-0.2, -0.15) is 0 Å². The van der Waals surface area contributed by atoms with E-state index in [0.29, 0.717) is 27.4 Å². The molecule has 7 heteroatoms. The van der Waals surface area contributed by atoms with Crippen LogP contribution >= 0.6 is 22.9 Å². The second-order valence-corrected chi connectivity index (χ2v) is 8.26. The summed E-state index contributed by atoms with van der Waals surface area (Å²) in [5, 5.41) is 4.86. The number of anilines is 1. The number of rotatable bonds is 4. The highest BCUT2D eigenvalue weighted by Crippen LogP contribution is 2.39. The van der Waals surface area contributed by atoms with Crippen molar-refractivity contribution >= 4 is 39.0 Å². The molecule has 0 fully saturated rings. The predicted molar refractivity (Wildman–Crippen MR) is 128 cm³/mol. The highest BCUT2D eigenvalue weighted by atomic mass is 35.5. The predicted octanol–water partition coefficient (Wildman–Crippen LogP) is 5.87. The third-order valence-electron chi connectivity index (χ3n) is 4.96. The van der Waals surface area contributed by atoms with Gasteiger partial charge in [-0.15, -0.1) is 0 Å². The van der Waals surface area contributed by atoms with Crippen molar-refractivity contribution in [3.63, 3.8) is 0 Å². The fourth-order valence-electron chi connectivity index (χ4n) is 3.51. The Bertz CT molecular complexity index is 1460. The van der Waals surface area contributed by atoms with E-state index in [-0.39, 0.29) is 5.56 Å². The monoisotopic (exact) mass is 444 g/mol. The molecule has 5 rings (SSSR count). The molecule has 0 aliphatic heterocycles. The van der Waals surface area contributed by atoms with Crippen LogP contribution < -0.4 is 10.9 Å². The molecule has 5 aromatic rings. The van der Waals surface area contributed by atoms with Gasteiger partial charge in [-0.05, 0) is 24.3 Å². The Morgan fingerprint density at radius 2 is 1.61 bits per heavy atom. The number of para-hydroxylation sites is 2. The molecule has 0 amide bonds. The number of nitrogens with one attached hydrogen (secondary N) is 1. The van der Waals surface area contributed by atoms with Gasteiger partial charge in [0.05, 0.1) is 27.3 Å². The van der Waals surface area contributed by atoms with Crippen LogP contribution in [0.5, 0.6) is 0 Å². The van der Waals surface area contributed by atoms with Gasteiger partial charge in [0.2, 0.25) is 0 Å². The minimum Gasteiger partial charge on any atom is -0.365 e. The maximum absolute atomic E-state index is 13.6. The molecule has 0 spiro atoms. The Morgan fingerprint density at radius 1 is 0.903 bits per heavy atom. The molecule has 0 saturated heterocycles. The Kier molecular flexibility index (Phi) is 5.02. The van der Waals surface area contributed by atoms with Crippen LogP contribution in [-0.2, 0) is 0 Å². The van der Waals surface area contributed by atoms with E-state index in [1.807, 2.05) is 73.8 Å². The van der Waals surface area contributed by atoms with Crippen LogP contribution in [0.25, 0.3) is 38.5 Å². The Hall–Kier alpha value is -3.48. The lowest BCUT2D eigenvalue weighted by Gasteiger charge is -2.14. The summed E-state index contributed by atoms with van der Waals surface area (Å²) in [5.41, 5.74) is 2.75. The van der Waals surface area contributed by atoms with E-state index in [2.05, 4.69) is 5.32 Å². The molecule has 3 aromatic carbocycles. The molecule has 0 radical (unpaired) electrons. The smallest absolute Gasteiger partial charge is 0.266 e. The first kappa shape index (κ1) is 19.5. The van der Waals surface area contributed by atoms with Crippen molar-refractivity contribution in [1.29, 1.82) is 0 Å². The van der Waals surface area contributed by atoms with Crippen LogP contribution in [0.15, 0.2) is 83.7 Å². The van der Waals surface area contributed by atoms with Gasteiger partial charge in [-0.3, -0.25) is 9.36 Å². The summed E-state index contributed by atoms with van der Waals surface area (Å²) in [6.07, 6.45) is 0. The van der Waals surface area contributed by atoms with E-state index >= 15 is 0 Å². The average Bonchev–Trinajstić information content (AvgIpc) is 3.25. The summed E-state index contributed by atoms with van der Waals surface area (Å²) in [6, 6.07) is 24.5. The van der Waals surface area contributed by atoms with E-state index in [9.17, 15) is 4.79 Å². The molecule has 31 heavy (non-hydrogen) atoms. The number of fused-ring (bicyclic) bond motifs is 1. The standard InChI is InChI=1S/C24H17ClN4OS/c1-26-24-28-20(15-9-3-2-4-10-15)21(31-24)22-27-18-13-7-5-11-16(18)23(30)29(22)19-14-8-6-12-17(19)25/h2-14H,1H3,(H,26,28). The van der Waals surface area contributed by atoms with E-state index in [1.165, 1.54) is 11.3 Å². The summed E-state index contributed by atoms with van der Waals surface area (Å²) in [4.78, 5) is 24.1. The number of benzene rings is 3. The third-order valence-corrected chi connectivity index (χ3v) is 6.35. The van der Waals surface area contributed by atoms with Gasteiger partial charge < -0.3 is 5.32 Å². The van der Waals surface area contributed by atoms with Crippen molar-refractivity contribution in [1.82, 2.24) is 14.5 Å². The molecular formula is C24H17ClN4OS. The number of nitrogens with zero attached hydrogens (tertiary/aromatic N) is 3. The lowest BCUT2D eigenvalue weighted by Crippen LogP contribution is -2.22. The zero-order chi connectivity index (χ0) is 21.4. The molecule has 2 aromatic heterocycles. The number of aromatic nitrogens is 3. The summed E-state index contributed by atoms with van der Waals surface area (Å²) in [6.45, 7) is 0. The Morgan fingerprint density at radius 3 is 2.39 bits per heavy atom. The summed E-state index contributed by atoms with van der Waals surface area (Å²) < 4.78 is 1.59. The largest absolute Gasteiger partial charge is 0.365 e. The number of thiazole rings is 1. The summed E-state index contributed by atoms with van der Waals surface area (Å²) in [5.74, 6) is 0.509. The maximum Gasteiger partial charge on any atom is 0.266 e. The van der Waals surface area contributed by atoms with E-state index in [4.69, 9.17) is 21.6 Å². The topological polar surface area (TPSA) is 59.8 Å². The molecule has 2 heterocycles. The second kappa shape index (κ2) is 7.98. The van der Waals surface area contributed by atoms with Crippen LogP contribution in [0.3, 0.4) is 0 Å². The molecule has 0 unspecified atom stereocenters. The molecule has 152 valence electrons. The minimum absolute atomic E-state index is 0.174. The number of halogens is 1. The van der Waals surface area contributed by atoms with Crippen molar-refractivity contribution in [3.05, 3.63) is 94.2 Å². The van der Waals surface area contributed by atoms with Gasteiger partial charge in [0.25, 0.3) is 5.56 Å². The van der Waals surface area contributed by atoms with Crippen LogP contribution in [0.1, 0.15) is 0 Å². The van der Waals surface area contributed by atoms with Gasteiger partial charge in [-0.1, -0.05) is 77.5 Å². The van der Waals surface area contributed by atoms with Crippen LogP contribution in [-0.4, -0.2) is 21.6 Å². The van der Waals surface area contributed by atoms with Gasteiger partial charge in [0.15, 0.2) is 11.0 Å². The lowest BCUT2D eigenvalue weighted by molar-refractivity contribution is 0.980. The molecule has 0 saturated carbocycles. The van der Waals surface area contributed by atoms with Crippen molar-refractivity contribution in [2.45, 2.75) is 0 Å². The normalized spacial score (nSPS) is 11.0. The number of hydrogen-bond acceptors (Lipinski definition) is 5. The van der Waals surface area contributed by atoms with Gasteiger partial charge in [-0.25, -0.2) is 9.97 Å². The first-order valence-electron chi connectivity index (χ1n) is 9.68. The van der Waals surface area contributed by atoms with Crippen molar-refractivity contribution < 1.29 is 0 Å². The molecular weight excluding hydrogens is 428 g/mol. The molecule has 0 atom stereocenters. The van der Waals surface area contributed by atoms with E-state index in [1.54, 1.807) is 16.7 Å². The number of hydrogen-bond donors (Lipinski definition) is 1. The second-order valence-electron chi connectivity index (χ2n) is 6.86. The average molecular weight is 445 g/mol. The SMILES string of the molecule is CNc1nc(-c2ccccc2)c(-c2nc3ccccc3c(=O)n2-c2ccccc2Cl)s1. The fourth-order valence-corrected chi connectivity index (χ4v) is 4.65. The molecule has 1 N–H and O–H groups in total. The van der Waals surface area contributed by atoms with Gasteiger partial charge >= 0.3 is 0 Å². The quantitative estimate of drug-likeness (QED) is 0.376. The van der Waals surface area contributed by atoms with Gasteiger partial charge in [0.1, 0.15) is 4.88 Å². The van der Waals surface area contributed by atoms with Crippen molar-refractivity contribution in [2.24, 2.45) is 0 Å². The van der Waals surface area contributed by atoms with Crippen molar-refractivity contribution in [2.75, 3.05) is 12.4 Å². The first-order valence-corrected chi connectivity index (χ1v) is 10.9. The van der Waals surface area contributed by atoms with Crippen LogP contribution in [0.2, 0.25) is 5.02 Å². The minimum atomic E-state index is -0.174. The zero-order valence-electron chi connectivity index (χ0n) is 16.5. The van der Waals surface area contributed by atoms with Crippen molar-refractivity contribution in [3.8, 4) is 27.6 Å². The van der Waals surface area contributed by atoms with Crippen LogP contribution in [0, 0.1) is 0 Å². The highest BCUT2D eigenvalue weighted by Gasteiger charge is 2.22. The molecule has 5 nitrogen and oxygen atoms in total. The maximum atomic E-state index is 13.6. The molecule has 0 aliphatic carbocycles. The van der Waals surface area contributed by atoms with Gasteiger partial charge in [0, 0.05) is 12.6 Å². The highest BCUT2D eigenvalue weighted by molar-refractivity contribution is 7.19. The molecule has 0 bridgehead atoms. The summed E-state index contributed by atoms with van der Waals surface area (Å²) in [7, 11) is 1.83.